The molecule has 3 rings (SSSR count). The van der Waals surface area contributed by atoms with E-state index >= 15 is 0 Å². The molecule has 1 aliphatic rings. The zero-order valence-corrected chi connectivity index (χ0v) is 12.6. The highest BCUT2D eigenvalue weighted by atomic mass is 19.4. The van der Waals surface area contributed by atoms with Gasteiger partial charge in [0, 0.05) is 25.2 Å². The number of rotatable bonds is 3. The molecule has 1 saturated heterocycles. The predicted molar refractivity (Wildman–Crippen MR) is 81.5 cm³/mol. The van der Waals surface area contributed by atoms with E-state index in [2.05, 4.69) is 10.3 Å². The fourth-order valence-electron chi connectivity index (χ4n) is 2.63. The minimum Gasteiger partial charge on any atom is -0.460 e. The van der Waals surface area contributed by atoms with Gasteiger partial charge in [-0.1, -0.05) is 0 Å². The number of likely N-dealkylation sites (tertiary alicyclic amines) is 1. The van der Waals surface area contributed by atoms with Crippen molar-refractivity contribution in [3.63, 3.8) is 0 Å². The van der Waals surface area contributed by atoms with Crippen molar-refractivity contribution in [1.82, 2.24) is 15.2 Å². The first-order valence-electron chi connectivity index (χ1n) is 7.31. The molecule has 7 nitrogen and oxygen atoms in total. The zero-order chi connectivity index (χ0) is 17.3. The number of amides is 2. The lowest BCUT2D eigenvalue weighted by Crippen LogP contribution is -2.43. The van der Waals surface area contributed by atoms with Gasteiger partial charge in [-0.15, -0.1) is 0 Å². The Labute approximate surface area is 135 Å². The van der Waals surface area contributed by atoms with Gasteiger partial charge in [-0.2, -0.15) is 13.2 Å². The van der Waals surface area contributed by atoms with Crippen LogP contribution in [0, 0.1) is 0 Å². The number of hydrogen-bond donors (Lipinski definition) is 3. The lowest BCUT2D eigenvalue weighted by molar-refractivity contribution is -0.123. The fraction of sp³-hybridized carbons (Fsp3) is 0.429. The summed E-state index contributed by atoms with van der Waals surface area (Å²) in [7, 11) is 0. The molecule has 0 radical (unpaired) electrons. The van der Waals surface area contributed by atoms with Gasteiger partial charge >= 0.3 is 12.2 Å². The third-order valence-electron chi connectivity index (χ3n) is 3.77. The highest BCUT2D eigenvalue weighted by Crippen LogP contribution is 2.30. The summed E-state index contributed by atoms with van der Waals surface area (Å²) < 4.78 is 41.8. The lowest BCUT2D eigenvalue weighted by Gasteiger charge is -2.19. The first-order valence-corrected chi connectivity index (χ1v) is 7.31. The smallest absolute Gasteiger partial charge is 0.405 e. The largest absolute Gasteiger partial charge is 0.460 e. The zero-order valence-electron chi connectivity index (χ0n) is 12.6. The Morgan fingerprint density at radius 3 is 3.04 bits per heavy atom. The second kappa shape index (κ2) is 6.10. The molecule has 130 valence electrons. The second-order valence-corrected chi connectivity index (χ2v) is 5.57. The van der Waals surface area contributed by atoms with Gasteiger partial charge in [-0.3, -0.25) is 4.98 Å². The van der Waals surface area contributed by atoms with Crippen molar-refractivity contribution < 1.29 is 22.4 Å². The van der Waals surface area contributed by atoms with Crippen molar-refractivity contribution in [2.75, 3.05) is 30.7 Å². The van der Waals surface area contributed by atoms with Crippen molar-refractivity contribution in [3.8, 4) is 0 Å². The Kier molecular flexibility index (Phi) is 4.12. The first kappa shape index (κ1) is 16.2. The van der Waals surface area contributed by atoms with Crippen LogP contribution in [-0.2, 0) is 0 Å². The van der Waals surface area contributed by atoms with Crippen LogP contribution in [0.25, 0.3) is 11.1 Å². The molecule has 10 heteroatoms. The maximum absolute atomic E-state index is 12.2. The van der Waals surface area contributed by atoms with Gasteiger partial charge in [0.25, 0.3) is 0 Å². The number of nitrogen functional groups attached to an aromatic ring is 1. The van der Waals surface area contributed by atoms with Crippen LogP contribution in [0.2, 0.25) is 0 Å². The van der Waals surface area contributed by atoms with E-state index in [0.717, 1.165) is 0 Å². The molecule has 0 spiro atoms. The molecule has 0 aliphatic carbocycles. The van der Waals surface area contributed by atoms with Gasteiger partial charge in [0.2, 0.25) is 0 Å². The van der Waals surface area contributed by atoms with Gasteiger partial charge < -0.3 is 25.7 Å². The number of carbonyl (C=O) groups excluding carboxylic acids is 1. The van der Waals surface area contributed by atoms with Crippen LogP contribution in [-0.4, -0.2) is 47.8 Å². The summed E-state index contributed by atoms with van der Waals surface area (Å²) in [5.74, 6) is 0. The Morgan fingerprint density at radius 1 is 1.50 bits per heavy atom. The van der Waals surface area contributed by atoms with Crippen LogP contribution in [0.5, 0.6) is 0 Å². The van der Waals surface area contributed by atoms with Crippen LogP contribution in [0.4, 0.5) is 29.3 Å². The quantitative estimate of drug-likeness (QED) is 0.794. The number of halogens is 3. The average molecular weight is 343 g/mol. The number of urea groups is 1. The molecule has 3 heterocycles. The molecule has 0 bridgehead atoms. The highest BCUT2D eigenvalue weighted by Gasteiger charge is 2.31. The third-order valence-corrected chi connectivity index (χ3v) is 3.77. The number of hydrogen-bond acceptors (Lipinski definition) is 5. The van der Waals surface area contributed by atoms with Crippen LogP contribution < -0.4 is 16.4 Å². The minimum atomic E-state index is -4.43. The number of pyridine rings is 1. The Bertz CT molecular complexity index is 746. The van der Waals surface area contributed by atoms with E-state index in [-0.39, 0.29) is 12.6 Å². The van der Waals surface area contributed by atoms with E-state index in [4.69, 9.17) is 10.2 Å². The average Bonchev–Trinajstić information content (AvgIpc) is 3.16. The summed E-state index contributed by atoms with van der Waals surface area (Å²) >= 11 is 0. The maximum atomic E-state index is 12.2. The monoisotopic (exact) mass is 343 g/mol. The molecule has 2 aromatic heterocycles. The van der Waals surface area contributed by atoms with Crippen LogP contribution >= 0.6 is 0 Å². The van der Waals surface area contributed by atoms with Gasteiger partial charge in [-0.25, -0.2) is 4.79 Å². The summed E-state index contributed by atoms with van der Waals surface area (Å²) in [5.41, 5.74) is 8.04. The van der Waals surface area contributed by atoms with Gasteiger partial charge in [0.1, 0.15) is 17.7 Å². The van der Waals surface area contributed by atoms with Crippen molar-refractivity contribution in [3.05, 3.63) is 18.5 Å². The maximum Gasteiger partial charge on any atom is 0.405 e. The number of nitrogens with one attached hydrogen (secondary N) is 2. The van der Waals surface area contributed by atoms with E-state index in [1.165, 1.54) is 17.4 Å². The topological polar surface area (TPSA) is 96.4 Å². The van der Waals surface area contributed by atoms with Crippen LogP contribution in [0.1, 0.15) is 6.42 Å². The normalized spacial score (nSPS) is 18.1. The molecule has 1 unspecified atom stereocenters. The summed E-state index contributed by atoms with van der Waals surface area (Å²) in [5, 5.41) is 5.06. The molecule has 2 aromatic rings. The number of anilines is 2. The van der Waals surface area contributed by atoms with Gasteiger partial charge in [-0.05, 0) is 6.42 Å². The molecule has 1 atom stereocenters. The highest BCUT2D eigenvalue weighted by molar-refractivity contribution is 5.92. The lowest BCUT2D eigenvalue weighted by atomic mass is 10.2. The molecule has 2 amide bonds. The summed E-state index contributed by atoms with van der Waals surface area (Å²) in [6.07, 6.45) is -0.844. The van der Waals surface area contributed by atoms with Crippen LogP contribution in [0.15, 0.2) is 22.9 Å². The number of nitrogens with two attached hydrogens (primary N) is 1. The van der Waals surface area contributed by atoms with E-state index in [1.807, 2.05) is 5.32 Å². The van der Waals surface area contributed by atoms with E-state index in [0.29, 0.717) is 35.4 Å². The minimum absolute atomic E-state index is 0.139. The summed E-state index contributed by atoms with van der Waals surface area (Å²) in [6.45, 7) is -0.716. The Balaban J connectivity index is 1.63. The van der Waals surface area contributed by atoms with Gasteiger partial charge in [0.15, 0.2) is 5.58 Å². The van der Waals surface area contributed by atoms with Crippen molar-refractivity contribution in [1.29, 1.82) is 0 Å². The fourth-order valence-corrected chi connectivity index (χ4v) is 2.63. The molecular weight excluding hydrogens is 327 g/mol. The summed E-state index contributed by atoms with van der Waals surface area (Å²) in [6, 6.07) is 0.827. The van der Waals surface area contributed by atoms with E-state index < -0.39 is 18.8 Å². The number of fused-ring (bicyclic) bond motifs is 1. The second-order valence-electron chi connectivity index (χ2n) is 5.57. The standard InChI is InChI=1S/C14H16F3N5O2/c15-14(16,17)7-20-13(23)22-3-1-8(6-22)21-11-9(18)5-19-10-2-4-24-12(10)11/h2,4-5,8H,1,3,6-7,18H2,(H,19,21)(H,20,23). The molecule has 0 saturated carbocycles. The summed E-state index contributed by atoms with van der Waals surface area (Å²) in [4.78, 5) is 17.2. The number of nitrogens with zero attached hydrogens (tertiary/aromatic N) is 2. The number of alkyl halides is 3. The van der Waals surface area contributed by atoms with Crippen LogP contribution in [0.3, 0.4) is 0 Å². The molecule has 1 fully saturated rings. The molecule has 1 aliphatic heterocycles. The molecule has 0 aromatic carbocycles. The number of furan rings is 1. The van der Waals surface area contributed by atoms with Gasteiger partial charge in [0.05, 0.1) is 18.1 Å². The Morgan fingerprint density at radius 2 is 2.29 bits per heavy atom. The van der Waals surface area contributed by atoms with E-state index in [9.17, 15) is 18.0 Å². The molecular formula is C14H16F3N5O2. The predicted octanol–water partition coefficient (Wildman–Crippen LogP) is 2.17. The van der Waals surface area contributed by atoms with Crippen molar-refractivity contribution in [2.45, 2.75) is 18.6 Å². The Hall–Kier alpha value is -2.65. The van der Waals surface area contributed by atoms with Crippen molar-refractivity contribution >= 4 is 28.5 Å². The number of aromatic nitrogens is 1. The number of carbonyl (C=O) groups is 1. The van der Waals surface area contributed by atoms with E-state index in [1.54, 1.807) is 6.07 Å². The SMILES string of the molecule is Nc1cnc2ccoc2c1NC1CCN(C(=O)NCC(F)(F)F)C1. The third kappa shape index (κ3) is 3.47. The van der Waals surface area contributed by atoms with Crippen molar-refractivity contribution in [2.24, 2.45) is 0 Å². The molecule has 24 heavy (non-hydrogen) atoms. The first-order chi connectivity index (χ1) is 11.3. The molecule has 4 N–H and O–H groups in total.